The topological polar surface area (TPSA) is 78.8 Å². The lowest BCUT2D eigenvalue weighted by Gasteiger charge is -2.14. The molecular formula is C14H21NO4. The molecule has 1 rings (SSSR count). The molecule has 1 unspecified atom stereocenters. The largest absolute Gasteiger partial charge is 0.496 e. The highest BCUT2D eigenvalue weighted by Gasteiger charge is 2.10. The number of rotatable bonds is 7. The van der Waals surface area contributed by atoms with Crippen LogP contribution in [0.25, 0.3) is 0 Å². The number of aliphatic carboxylic acids is 1. The van der Waals surface area contributed by atoms with Gasteiger partial charge in [0, 0.05) is 18.7 Å². The maximum atomic E-state index is 10.4. The Balaban J connectivity index is 2.57. The molecule has 0 spiro atoms. The molecule has 5 nitrogen and oxygen atoms in total. The van der Waals surface area contributed by atoms with Crippen LogP contribution in [-0.2, 0) is 11.3 Å². The first-order chi connectivity index (χ1) is 8.93. The average molecular weight is 267 g/mol. The molecule has 0 heterocycles. The molecule has 0 radical (unpaired) electrons. The van der Waals surface area contributed by atoms with Crippen LogP contribution in [0.1, 0.15) is 23.1 Å². The molecule has 0 saturated carbocycles. The van der Waals surface area contributed by atoms with Gasteiger partial charge in [0.1, 0.15) is 5.75 Å². The van der Waals surface area contributed by atoms with Crippen LogP contribution in [0.5, 0.6) is 5.75 Å². The van der Waals surface area contributed by atoms with E-state index in [4.69, 9.17) is 9.84 Å². The predicted molar refractivity (Wildman–Crippen MR) is 72.4 cm³/mol. The molecule has 0 aliphatic rings. The normalized spacial score (nSPS) is 12.2. The number of ether oxygens (including phenoxy) is 1. The Morgan fingerprint density at radius 1 is 1.37 bits per heavy atom. The van der Waals surface area contributed by atoms with Gasteiger partial charge in [-0.2, -0.15) is 0 Å². The Hall–Kier alpha value is -1.59. The Morgan fingerprint density at radius 3 is 2.58 bits per heavy atom. The molecule has 0 saturated heterocycles. The van der Waals surface area contributed by atoms with Crippen molar-refractivity contribution in [3.63, 3.8) is 0 Å². The summed E-state index contributed by atoms with van der Waals surface area (Å²) in [5.74, 6) is -0.207. The molecule has 0 bridgehead atoms. The summed E-state index contributed by atoms with van der Waals surface area (Å²) >= 11 is 0. The van der Waals surface area contributed by atoms with Gasteiger partial charge >= 0.3 is 5.97 Å². The molecule has 0 aliphatic carbocycles. The summed E-state index contributed by atoms with van der Waals surface area (Å²) in [5.41, 5.74) is 3.32. The van der Waals surface area contributed by atoms with Crippen LogP contribution < -0.4 is 10.1 Å². The molecule has 1 aromatic rings. The van der Waals surface area contributed by atoms with E-state index in [1.165, 1.54) is 5.56 Å². The first-order valence-electron chi connectivity index (χ1n) is 6.18. The average Bonchev–Trinajstić information content (AvgIpc) is 2.32. The van der Waals surface area contributed by atoms with Gasteiger partial charge in [-0.1, -0.05) is 6.07 Å². The molecule has 3 N–H and O–H groups in total. The fourth-order valence-corrected chi connectivity index (χ4v) is 1.82. The second kappa shape index (κ2) is 7.11. The van der Waals surface area contributed by atoms with E-state index >= 15 is 0 Å². The minimum Gasteiger partial charge on any atom is -0.496 e. The molecule has 1 aromatic carbocycles. The summed E-state index contributed by atoms with van der Waals surface area (Å²) in [5, 5.41) is 21.0. The Kier molecular flexibility index (Phi) is 5.79. The Bertz CT molecular complexity index is 445. The second-order valence-electron chi connectivity index (χ2n) is 4.63. The summed E-state index contributed by atoms with van der Waals surface area (Å²) in [6.45, 7) is 4.81. The standard InChI is InChI=1S/C14H21NO4/c1-9-4-11(13(19-3)5-10(9)2)7-15-8-12(16)6-14(17)18/h4-5,12,15-16H,6-8H2,1-3H3,(H,17,18). The van der Waals surface area contributed by atoms with Gasteiger partial charge in [0.05, 0.1) is 19.6 Å². The molecule has 106 valence electrons. The van der Waals surface area contributed by atoms with Crippen LogP contribution in [0, 0.1) is 13.8 Å². The van der Waals surface area contributed by atoms with Crippen LogP contribution in [0.3, 0.4) is 0 Å². The van der Waals surface area contributed by atoms with E-state index in [9.17, 15) is 9.90 Å². The van der Waals surface area contributed by atoms with E-state index in [0.717, 1.165) is 16.9 Å². The number of nitrogens with one attached hydrogen (secondary N) is 1. The maximum absolute atomic E-state index is 10.4. The van der Waals surface area contributed by atoms with Crippen molar-refractivity contribution in [1.29, 1.82) is 0 Å². The van der Waals surface area contributed by atoms with E-state index < -0.39 is 12.1 Å². The lowest BCUT2D eigenvalue weighted by Crippen LogP contribution is -2.28. The lowest BCUT2D eigenvalue weighted by molar-refractivity contribution is -0.139. The molecule has 5 heteroatoms. The van der Waals surface area contributed by atoms with Gasteiger partial charge in [0.15, 0.2) is 0 Å². The van der Waals surface area contributed by atoms with Crippen molar-refractivity contribution in [2.75, 3.05) is 13.7 Å². The van der Waals surface area contributed by atoms with Gasteiger partial charge in [0.2, 0.25) is 0 Å². The van der Waals surface area contributed by atoms with Crippen LogP contribution in [0.4, 0.5) is 0 Å². The molecule has 0 aliphatic heterocycles. The molecule has 0 fully saturated rings. The Labute approximate surface area is 113 Å². The van der Waals surface area contributed by atoms with Crippen LogP contribution in [0.2, 0.25) is 0 Å². The highest BCUT2D eigenvalue weighted by molar-refractivity contribution is 5.67. The van der Waals surface area contributed by atoms with Crippen molar-refractivity contribution < 1.29 is 19.7 Å². The van der Waals surface area contributed by atoms with Gasteiger partial charge in [0.25, 0.3) is 0 Å². The van der Waals surface area contributed by atoms with E-state index in [2.05, 4.69) is 5.32 Å². The number of methoxy groups -OCH3 is 1. The smallest absolute Gasteiger partial charge is 0.306 e. The predicted octanol–water partition coefficient (Wildman–Crippen LogP) is 1.24. The number of carboxylic acid groups (broad SMARTS) is 1. The number of carboxylic acids is 1. The van der Waals surface area contributed by atoms with E-state index in [1.54, 1.807) is 7.11 Å². The minimum atomic E-state index is -1.00. The number of aliphatic hydroxyl groups excluding tert-OH is 1. The SMILES string of the molecule is COc1cc(C)c(C)cc1CNCC(O)CC(=O)O. The van der Waals surface area contributed by atoms with Gasteiger partial charge in [-0.3, -0.25) is 4.79 Å². The molecular weight excluding hydrogens is 246 g/mol. The number of aliphatic hydroxyl groups is 1. The fraction of sp³-hybridized carbons (Fsp3) is 0.500. The summed E-state index contributed by atoms with van der Waals surface area (Å²) in [6.07, 6.45) is -1.13. The van der Waals surface area contributed by atoms with Gasteiger partial charge in [-0.05, 0) is 31.0 Å². The van der Waals surface area contributed by atoms with Crippen molar-refractivity contribution in [2.45, 2.75) is 32.9 Å². The third kappa shape index (κ3) is 4.89. The highest BCUT2D eigenvalue weighted by Crippen LogP contribution is 2.22. The quantitative estimate of drug-likeness (QED) is 0.692. The first kappa shape index (κ1) is 15.5. The monoisotopic (exact) mass is 267 g/mol. The first-order valence-corrected chi connectivity index (χ1v) is 6.18. The van der Waals surface area contributed by atoms with E-state index in [0.29, 0.717) is 6.54 Å². The third-order valence-corrected chi connectivity index (χ3v) is 3.00. The molecule has 1 atom stereocenters. The van der Waals surface area contributed by atoms with Gasteiger partial charge in [-0.15, -0.1) is 0 Å². The number of benzene rings is 1. The molecule has 19 heavy (non-hydrogen) atoms. The van der Waals surface area contributed by atoms with Gasteiger partial charge in [-0.25, -0.2) is 0 Å². The van der Waals surface area contributed by atoms with E-state index in [-0.39, 0.29) is 13.0 Å². The highest BCUT2D eigenvalue weighted by atomic mass is 16.5. The summed E-state index contributed by atoms with van der Waals surface area (Å²) < 4.78 is 5.31. The van der Waals surface area contributed by atoms with Crippen molar-refractivity contribution >= 4 is 5.97 Å². The number of carbonyl (C=O) groups is 1. The number of hydrogen-bond acceptors (Lipinski definition) is 4. The zero-order valence-electron chi connectivity index (χ0n) is 11.6. The van der Waals surface area contributed by atoms with Crippen LogP contribution in [0.15, 0.2) is 12.1 Å². The lowest BCUT2D eigenvalue weighted by atomic mass is 10.0. The fourth-order valence-electron chi connectivity index (χ4n) is 1.82. The van der Waals surface area contributed by atoms with Crippen LogP contribution >= 0.6 is 0 Å². The van der Waals surface area contributed by atoms with Crippen LogP contribution in [-0.4, -0.2) is 35.9 Å². The third-order valence-electron chi connectivity index (χ3n) is 3.00. The van der Waals surface area contributed by atoms with Crippen molar-refractivity contribution in [3.05, 3.63) is 28.8 Å². The maximum Gasteiger partial charge on any atom is 0.306 e. The van der Waals surface area contributed by atoms with Crippen molar-refractivity contribution in [3.8, 4) is 5.75 Å². The summed E-state index contributed by atoms with van der Waals surface area (Å²) in [7, 11) is 1.62. The summed E-state index contributed by atoms with van der Waals surface area (Å²) in [4.78, 5) is 10.4. The molecule has 0 amide bonds. The molecule has 0 aromatic heterocycles. The minimum absolute atomic E-state index is 0.238. The second-order valence-corrected chi connectivity index (χ2v) is 4.63. The van der Waals surface area contributed by atoms with Crippen molar-refractivity contribution in [1.82, 2.24) is 5.32 Å². The number of aryl methyl sites for hydroxylation is 2. The Morgan fingerprint density at radius 2 is 2.00 bits per heavy atom. The van der Waals surface area contributed by atoms with Gasteiger partial charge < -0.3 is 20.3 Å². The van der Waals surface area contributed by atoms with E-state index in [1.807, 2.05) is 26.0 Å². The van der Waals surface area contributed by atoms with Crippen molar-refractivity contribution in [2.24, 2.45) is 0 Å². The zero-order chi connectivity index (χ0) is 14.4. The number of hydrogen-bond donors (Lipinski definition) is 3. The zero-order valence-corrected chi connectivity index (χ0v) is 11.6. The summed E-state index contributed by atoms with van der Waals surface area (Å²) in [6, 6.07) is 4.00.